The molecule has 4 amide bonds. The fourth-order valence-corrected chi connectivity index (χ4v) is 16.1. The molecule has 0 saturated heterocycles. The average molecular weight is 2000 g/mol. The van der Waals surface area contributed by atoms with Gasteiger partial charge < -0.3 is 59.5 Å². The number of halogens is 11. The molecule has 8 heterocycles. The van der Waals surface area contributed by atoms with E-state index in [0.29, 0.717) is 70.9 Å². The van der Waals surface area contributed by atoms with Crippen molar-refractivity contribution in [3.05, 3.63) is 351 Å². The topological polar surface area (TPSA) is 438 Å². The van der Waals surface area contributed by atoms with E-state index in [2.05, 4.69) is 61.6 Å². The number of aromatic nitrogens is 12. The van der Waals surface area contributed by atoms with Crippen LogP contribution in [-0.4, -0.2) is 133 Å². The summed E-state index contributed by atoms with van der Waals surface area (Å²) in [6.45, 7) is 6.05. The Morgan fingerprint density at radius 1 is 0.406 bits per heavy atom. The molecule has 16 rings (SSSR count). The normalized spacial score (nSPS) is 12.1. The Balaban J connectivity index is 0.000000160. The minimum absolute atomic E-state index is 0.0515. The average Bonchev–Trinajstić information content (AvgIpc) is 1.71. The van der Waals surface area contributed by atoms with E-state index in [1.165, 1.54) is 129 Å². The number of nitrogen functional groups attached to an aromatic ring is 4. The van der Waals surface area contributed by atoms with Crippen LogP contribution in [0.4, 0.5) is 67.2 Å². The van der Waals surface area contributed by atoms with Gasteiger partial charge in [0, 0.05) is 153 Å². The van der Waals surface area contributed by atoms with Crippen LogP contribution >= 0.6 is 11.6 Å². The van der Waals surface area contributed by atoms with Gasteiger partial charge >= 0.3 is 6.55 Å². The largest absolute Gasteiger partial charge is 0.394 e. The van der Waals surface area contributed by atoms with Gasteiger partial charge in [0.25, 0.3) is 30.1 Å². The lowest BCUT2D eigenvalue weighted by molar-refractivity contribution is 0.0544. The van der Waals surface area contributed by atoms with E-state index in [0.717, 1.165) is 76.6 Å². The monoisotopic (exact) mass is 2000 g/mol. The maximum atomic E-state index is 15.1. The summed E-state index contributed by atoms with van der Waals surface area (Å²) in [5, 5.41) is 56.3. The van der Waals surface area contributed by atoms with Crippen LogP contribution in [0.15, 0.2) is 255 Å². The van der Waals surface area contributed by atoms with Crippen molar-refractivity contribution in [2.24, 2.45) is 7.05 Å². The number of nitrogens with two attached hydrogens (primary N) is 4. The molecule has 0 aliphatic heterocycles. The molecule has 0 spiro atoms. The summed E-state index contributed by atoms with van der Waals surface area (Å²) < 4.78 is 169. The van der Waals surface area contributed by atoms with Gasteiger partial charge in [-0.1, -0.05) is 78.3 Å². The van der Waals surface area contributed by atoms with Crippen molar-refractivity contribution < 1.29 is 86.8 Å². The molecule has 0 saturated carbocycles. The van der Waals surface area contributed by atoms with Gasteiger partial charge in [0.1, 0.15) is 58.2 Å². The number of carbonyl (C=O) groups is 4. The zero-order valence-corrected chi connectivity index (χ0v) is 78.8. The number of alkyl halides is 4. The molecule has 41 heteroatoms. The van der Waals surface area contributed by atoms with Gasteiger partial charge in [0.05, 0.1) is 95.4 Å². The predicted molar refractivity (Wildman–Crippen MR) is 521 cm³/mol. The van der Waals surface area contributed by atoms with E-state index in [-0.39, 0.29) is 85.0 Å². The van der Waals surface area contributed by atoms with Gasteiger partial charge in [-0.05, 0) is 200 Å². The summed E-state index contributed by atoms with van der Waals surface area (Å²) in [7, 11) is -1.89. The number of hydrogen-bond donors (Lipinski definition) is 11. The molecule has 0 aliphatic carbocycles. The van der Waals surface area contributed by atoms with Crippen LogP contribution in [0.1, 0.15) is 139 Å². The molecule has 738 valence electrons. The number of aliphatic hydroxyl groups excluding tert-OH is 3. The van der Waals surface area contributed by atoms with Crippen molar-refractivity contribution in [1.29, 1.82) is 0 Å². The smallest absolute Gasteiger partial charge is 0.333 e. The third-order valence-electron chi connectivity index (χ3n) is 22.9. The number of sulfone groups is 1. The van der Waals surface area contributed by atoms with Crippen molar-refractivity contribution in [3.8, 4) is 89.0 Å². The van der Waals surface area contributed by atoms with Crippen LogP contribution in [0.2, 0.25) is 5.02 Å². The van der Waals surface area contributed by atoms with Gasteiger partial charge in [-0.15, -0.1) is 0 Å². The fourth-order valence-electron chi connectivity index (χ4n) is 15.2. The molecule has 0 aliphatic rings. The highest BCUT2D eigenvalue weighted by Crippen LogP contribution is 2.39. The summed E-state index contributed by atoms with van der Waals surface area (Å²) in [5.41, 5.74) is 34.6. The third kappa shape index (κ3) is 25.1. The summed E-state index contributed by atoms with van der Waals surface area (Å²) >= 11 is 6.00. The van der Waals surface area contributed by atoms with Crippen molar-refractivity contribution in [3.63, 3.8) is 0 Å². The number of pyridine rings is 4. The lowest BCUT2D eigenvalue weighted by atomic mass is 9.99. The Labute approximate surface area is 817 Å². The van der Waals surface area contributed by atoms with Gasteiger partial charge in [-0.25, -0.2) is 68.2 Å². The first-order chi connectivity index (χ1) is 68.2. The minimum Gasteiger partial charge on any atom is -0.394 e. The number of aryl methyl sites for hydroxylation is 4. The second-order valence-corrected chi connectivity index (χ2v) is 35.1. The number of rotatable bonds is 28. The van der Waals surface area contributed by atoms with E-state index in [1.807, 2.05) is 45.4 Å². The third-order valence-corrected chi connectivity index (χ3v) is 24.2. The number of benzene rings is 8. The summed E-state index contributed by atoms with van der Waals surface area (Å²) in [6, 6.07) is 40.4. The predicted octanol–water partition coefficient (Wildman–Crippen LogP) is 18.1. The van der Waals surface area contributed by atoms with Crippen molar-refractivity contribution in [2.45, 2.75) is 89.7 Å². The van der Waals surface area contributed by atoms with Crippen LogP contribution in [0, 0.1) is 48.8 Å². The van der Waals surface area contributed by atoms with E-state index in [4.69, 9.17) is 34.5 Å². The lowest BCUT2D eigenvalue weighted by Crippen LogP contribution is -2.31. The molecule has 0 bridgehead atoms. The first-order valence-electron chi connectivity index (χ1n) is 43.8. The molecule has 15 N–H and O–H groups in total. The quantitative estimate of drug-likeness (QED) is 0.0203. The van der Waals surface area contributed by atoms with Crippen LogP contribution < -0.4 is 44.2 Å². The van der Waals surface area contributed by atoms with E-state index in [1.54, 1.807) is 113 Å². The standard InChI is InChI=1S/C26H23F4N5O3S.C26H24F3N5O2.C25H23ClFN5O2.C25H23F2N5O2/c1-13(16-6-18(27)10-19(7-16)39(3,37)38)34-25(36)20-5-4-15(9-23(20)28)21-8-17(11-32-24(21)31)22-12-33-35(14(22)2)26(29)30;1-14-21(12-34(2)33-14)18-9-20(25(30)31-11-18)15-6-7-19(22(27)10-15)26(36)32-23(13-35)16-4-3-5-17(8-16)24(28)29;2*1-2-32-13-18(12-30-32)17-9-21(24(28)29-11-17)15-6-7-20(22(27)10-15)25(34)31-23(14-33)16-4-3-5-19(26)8-16/h4-13,26H,1-3H3,(H2,31,32)(H,34,36);3-12,23-24,35H,13H2,1-2H3,(H2,30,31)(H,32,36);2*3-13,23,33H,2,14H2,1H3,(H2,28,29)(H,31,34)/t13-;3*23-/m1111/s1. The molecule has 4 atom stereocenters. The van der Waals surface area contributed by atoms with E-state index in [9.17, 15) is 78.0 Å². The second-order valence-electron chi connectivity index (χ2n) is 32.6. The highest BCUT2D eigenvalue weighted by molar-refractivity contribution is 7.90. The summed E-state index contributed by atoms with van der Waals surface area (Å²) in [5.74, 6) is -6.80. The number of carbonyl (C=O) groups excluding carboxylic acids is 4. The summed E-state index contributed by atoms with van der Waals surface area (Å²) in [4.78, 5) is 67.5. The Bertz CT molecular complexity index is 7330. The molecular weight excluding hydrogens is 1910 g/mol. The highest BCUT2D eigenvalue weighted by atomic mass is 35.5. The summed E-state index contributed by atoms with van der Waals surface area (Å²) in [6.07, 6.45) is 14.8. The molecule has 29 nitrogen and oxygen atoms in total. The van der Waals surface area contributed by atoms with Crippen molar-refractivity contribution in [2.75, 3.05) is 49.0 Å². The molecule has 0 radical (unpaired) electrons. The first kappa shape index (κ1) is 104. The van der Waals surface area contributed by atoms with E-state index >= 15 is 8.78 Å². The zero-order chi connectivity index (χ0) is 103. The Kier molecular flexibility index (Phi) is 33.3. The molecule has 16 aromatic rings. The Morgan fingerprint density at radius 2 is 0.783 bits per heavy atom. The molecule has 8 aromatic carbocycles. The van der Waals surface area contributed by atoms with Gasteiger partial charge in [-0.3, -0.25) is 33.2 Å². The Hall–Kier alpha value is -16.3. The molecule has 8 aromatic heterocycles. The number of hydrogen-bond acceptors (Lipinski definition) is 21. The maximum Gasteiger partial charge on any atom is 0.333 e. The van der Waals surface area contributed by atoms with Crippen LogP contribution in [0.25, 0.3) is 89.0 Å². The SMILES string of the molecule is CCn1cc(-c2cnc(N)c(-c3ccc(C(=O)N[C@H](CO)c4cccc(Cl)c4)c(F)c3)c2)cn1.CCn1cc(-c2cnc(N)c(-c3ccc(C(=O)N[C@H](CO)c4cccc(F)c4)c(F)c3)c2)cn1.Cc1c(-c2cnc(N)c(-c3ccc(C(=O)N[C@H](C)c4cc(F)cc(S(C)(=O)=O)c4)c(F)c3)c2)cnn1C(F)F.Cc1nn(C)cc1-c1cnc(N)c(-c2ccc(C(=O)N[C@H](CO)c3cccc(C(F)F)c3)c(F)c2)c1. The molecule has 0 fully saturated rings. The number of amides is 4. The molecular formula is C102H93ClF10N20O9S. The second kappa shape index (κ2) is 45.7. The first-order valence-corrected chi connectivity index (χ1v) is 46.1. The van der Waals surface area contributed by atoms with Crippen LogP contribution in [0.5, 0.6) is 0 Å². The Morgan fingerprint density at radius 3 is 1.15 bits per heavy atom. The van der Waals surface area contributed by atoms with Gasteiger partial charge in [-0.2, -0.15) is 29.2 Å². The number of nitrogens with one attached hydrogen (secondary N) is 4. The van der Waals surface area contributed by atoms with Crippen LogP contribution in [0.3, 0.4) is 0 Å². The van der Waals surface area contributed by atoms with Crippen molar-refractivity contribution in [1.82, 2.24) is 80.3 Å². The number of aliphatic hydroxyl groups is 3. The zero-order valence-electron chi connectivity index (χ0n) is 77.2. The molecule has 0 unspecified atom stereocenters. The lowest BCUT2D eigenvalue weighted by Gasteiger charge is -2.18. The van der Waals surface area contributed by atoms with E-state index < -0.39 is 119 Å². The number of anilines is 4. The van der Waals surface area contributed by atoms with Crippen LogP contribution in [-0.2, 0) is 30.0 Å². The number of nitrogens with zero attached hydrogens (tertiary/aromatic N) is 12. The molecule has 143 heavy (non-hydrogen) atoms. The van der Waals surface area contributed by atoms with Gasteiger partial charge in [0.2, 0.25) is 0 Å². The van der Waals surface area contributed by atoms with Gasteiger partial charge in [0.15, 0.2) is 9.84 Å². The minimum atomic E-state index is -3.70. The van der Waals surface area contributed by atoms with Crippen molar-refractivity contribution >= 4 is 68.3 Å². The highest BCUT2D eigenvalue weighted by Gasteiger charge is 2.28. The fraction of sp³-hybridized carbons (Fsp3) is 0.176. The maximum absolute atomic E-state index is 15.1.